The maximum absolute atomic E-state index is 10.9. The summed E-state index contributed by atoms with van der Waals surface area (Å²) in [6.07, 6.45) is 2.32. The number of carbonyl (C=O) groups excluding carboxylic acids is 1. The zero-order valence-corrected chi connectivity index (χ0v) is 10.5. The molecule has 0 amide bonds. The summed E-state index contributed by atoms with van der Waals surface area (Å²) in [5.74, 6) is 0.438. The Morgan fingerprint density at radius 2 is 2.24 bits per heavy atom. The number of methoxy groups -OCH3 is 1. The van der Waals surface area contributed by atoms with Gasteiger partial charge >= 0.3 is 5.97 Å². The number of rotatable bonds is 5. The van der Waals surface area contributed by atoms with Gasteiger partial charge in [0.1, 0.15) is 11.9 Å². The monoisotopic (exact) mass is 234 g/mol. The molecule has 0 fully saturated rings. The van der Waals surface area contributed by atoms with E-state index in [4.69, 9.17) is 9.47 Å². The Morgan fingerprint density at radius 3 is 2.76 bits per heavy atom. The summed E-state index contributed by atoms with van der Waals surface area (Å²) in [5.41, 5.74) is 1.99. The first kappa shape index (κ1) is 13.3. The molecule has 0 aliphatic carbocycles. The third-order valence-electron chi connectivity index (χ3n) is 2.46. The molecular weight excluding hydrogens is 216 g/mol. The zero-order valence-electron chi connectivity index (χ0n) is 10.5. The van der Waals surface area contributed by atoms with E-state index >= 15 is 0 Å². The highest BCUT2D eigenvalue weighted by Gasteiger charge is 2.14. The van der Waals surface area contributed by atoms with E-state index < -0.39 is 0 Å². The number of carbonyl (C=O) groups is 1. The lowest BCUT2D eigenvalue weighted by Crippen LogP contribution is -2.06. The summed E-state index contributed by atoms with van der Waals surface area (Å²) in [5, 5.41) is 0. The van der Waals surface area contributed by atoms with Crippen LogP contribution >= 0.6 is 0 Å². The van der Waals surface area contributed by atoms with Gasteiger partial charge in [-0.25, -0.2) is 0 Å². The molecule has 1 rings (SSSR count). The lowest BCUT2D eigenvalue weighted by atomic mass is 10.0. The molecule has 0 aliphatic heterocycles. The van der Waals surface area contributed by atoms with E-state index in [1.807, 2.05) is 31.2 Å². The Labute approximate surface area is 102 Å². The van der Waals surface area contributed by atoms with Gasteiger partial charge in [0.05, 0.1) is 7.11 Å². The molecule has 92 valence electrons. The maximum atomic E-state index is 10.9. The number of hydrogen-bond acceptors (Lipinski definition) is 3. The third-order valence-corrected chi connectivity index (χ3v) is 2.46. The first-order chi connectivity index (χ1) is 8.08. The van der Waals surface area contributed by atoms with Gasteiger partial charge in [-0.05, 0) is 25.0 Å². The summed E-state index contributed by atoms with van der Waals surface area (Å²) < 4.78 is 10.4. The number of ether oxygens (including phenoxy) is 2. The summed E-state index contributed by atoms with van der Waals surface area (Å²) in [4.78, 5) is 10.9. The number of esters is 1. The fourth-order valence-corrected chi connectivity index (χ4v) is 1.70. The Morgan fingerprint density at radius 1 is 1.53 bits per heavy atom. The van der Waals surface area contributed by atoms with Crippen molar-refractivity contribution in [3.8, 4) is 5.75 Å². The van der Waals surface area contributed by atoms with Crippen molar-refractivity contribution in [3.05, 3.63) is 42.0 Å². The molecule has 0 saturated carbocycles. The number of benzene rings is 1. The molecule has 1 aromatic carbocycles. The van der Waals surface area contributed by atoms with E-state index in [-0.39, 0.29) is 12.1 Å². The lowest BCUT2D eigenvalue weighted by Gasteiger charge is -2.16. The van der Waals surface area contributed by atoms with Crippen LogP contribution < -0.4 is 4.74 Å². The van der Waals surface area contributed by atoms with Crippen LogP contribution in [0.15, 0.2) is 30.9 Å². The summed E-state index contributed by atoms with van der Waals surface area (Å²) in [7, 11) is 1.61. The Kier molecular flexibility index (Phi) is 4.76. The Hall–Kier alpha value is -1.77. The first-order valence-corrected chi connectivity index (χ1v) is 5.53. The van der Waals surface area contributed by atoms with Crippen molar-refractivity contribution in [3.63, 3.8) is 0 Å². The fraction of sp³-hybridized carbons (Fsp3) is 0.357. The molecule has 0 bridgehead atoms. The minimum atomic E-state index is -0.305. The molecule has 3 nitrogen and oxygen atoms in total. The van der Waals surface area contributed by atoms with Gasteiger partial charge in [-0.1, -0.05) is 18.2 Å². The highest BCUT2D eigenvalue weighted by Crippen LogP contribution is 2.28. The molecular formula is C14H18O3. The van der Waals surface area contributed by atoms with Gasteiger partial charge in [-0.2, -0.15) is 0 Å². The van der Waals surface area contributed by atoms with Gasteiger partial charge in [-0.3, -0.25) is 4.79 Å². The van der Waals surface area contributed by atoms with Crippen LogP contribution in [-0.4, -0.2) is 13.1 Å². The number of allylic oxidation sites excluding steroid dienone is 1. The Balaban J connectivity index is 2.98. The minimum Gasteiger partial charge on any atom is -0.496 e. The van der Waals surface area contributed by atoms with E-state index in [2.05, 4.69) is 6.58 Å². The summed E-state index contributed by atoms with van der Waals surface area (Å²) >= 11 is 0. The van der Waals surface area contributed by atoms with Crippen LogP contribution in [0.4, 0.5) is 0 Å². The Bertz CT molecular complexity index is 410. The molecule has 1 unspecified atom stereocenters. The van der Waals surface area contributed by atoms with Crippen molar-refractivity contribution in [1.29, 1.82) is 0 Å². The van der Waals surface area contributed by atoms with E-state index in [1.54, 1.807) is 7.11 Å². The SMILES string of the molecule is C=CCc1ccc(C(C)OC(C)=O)c(OC)c1. The quantitative estimate of drug-likeness (QED) is 0.580. The molecule has 17 heavy (non-hydrogen) atoms. The molecule has 0 spiro atoms. The molecule has 0 N–H and O–H groups in total. The van der Waals surface area contributed by atoms with Crippen LogP contribution in [0.25, 0.3) is 0 Å². The van der Waals surface area contributed by atoms with Crippen LogP contribution in [0.5, 0.6) is 5.75 Å². The van der Waals surface area contributed by atoms with Gasteiger partial charge in [0.25, 0.3) is 0 Å². The van der Waals surface area contributed by atoms with Crippen LogP contribution in [-0.2, 0) is 16.0 Å². The van der Waals surface area contributed by atoms with Gasteiger partial charge in [-0.15, -0.1) is 6.58 Å². The largest absolute Gasteiger partial charge is 0.496 e. The molecule has 0 radical (unpaired) electrons. The maximum Gasteiger partial charge on any atom is 0.303 e. The second kappa shape index (κ2) is 6.09. The standard InChI is InChI=1S/C14H18O3/c1-5-6-12-7-8-13(14(9-12)16-4)10(2)17-11(3)15/h5,7-10H,1,6H2,2-4H3. The highest BCUT2D eigenvalue weighted by atomic mass is 16.5. The van der Waals surface area contributed by atoms with Crippen LogP contribution in [0.3, 0.4) is 0 Å². The van der Waals surface area contributed by atoms with E-state index in [9.17, 15) is 4.79 Å². The summed E-state index contributed by atoms with van der Waals surface area (Å²) in [6, 6.07) is 5.85. The molecule has 0 aromatic heterocycles. The van der Waals surface area contributed by atoms with Gasteiger partial charge < -0.3 is 9.47 Å². The highest BCUT2D eigenvalue weighted by molar-refractivity contribution is 5.66. The van der Waals surface area contributed by atoms with Crippen LogP contribution in [0, 0.1) is 0 Å². The first-order valence-electron chi connectivity index (χ1n) is 5.53. The molecule has 1 aromatic rings. The van der Waals surface area contributed by atoms with E-state index in [0.717, 1.165) is 23.3 Å². The number of hydrogen-bond donors (Lipinski definition) is 0. The molecule has 0 heterocycles. The predicted octanol–water partition coefficient (Wildman–Crippen LogP) is 3.05. The average molecular weight is 234 g/mol. The van der Waals surface area contributed by atoms with Crippen molar-refractivity contribution in [2.45, 2.75) is 26.4 Å². The normalized spacial score (nSPS) is 11.7. The topological polar surface area (TPSA) is 35.5 Å². The average Bonchev–Trinajstić information content (AvgIpc) is 2.28. The van der Waals surface area contributed by atoms with Gasteiger partial charge in [0, 0.05) is 12.5 Å². The van der Waals surface area contributed by atoms with Crippen molar-refractivity contribution in [2.24, 2.45) is 0 Å². The second-order valence-electron chi connectivity index (χ2n) is 3.82. The predicted molar refractivity (Wildman–Crippen MR) is 67.1 cm³/mol. The van der Waals surface area contributed by atoms with E-state index in [0.29, 0.717) is 0 Å². The van der Waals surface area contributed by atoms with Crippen molar-refractivity contribution in [2.75, 3.05) is 7.11 Å². The molecule has 0 saturated heterocycles. The minimum absolute atomic E-state index is 0.297. The van der Waals surface area contributed by atoms with Gasteiger partial charge in [0.2, 0.25) is 0 Å². The molecule has 0 aliphatic rings. The van der Waals surface area contributed by atoms with Crippen molar-refractivity contribution < 1.29 is 14.3 Å². The van der Waals surface area contributed by atoms with Crippen LogP contribution in [0.1, 0.15) is 31.1 Å². The van der Waals surface area contributed by atoms with Crippen molar-refractivity contribution in [1.82, 2.24) is 0 Å². The second-order valence-corrected chi connectivity index (χ2v) is 3.82. The molecule has 3 heteroatoms. The molecule has 1 atom stereocenters. The van der Waals surface area contributed by atoms with Crippen LogP contribution in [0.2, 0.25) is 0 Å². The third kappa shape index (κ3) is 3.63. The smallest absolute Gasteiger partial charge is 0.303 e. The summed E-state index contributed by atoms with van der Waals surface area (Å²) in [6.45, 7) is 6.92. The zero-order chi connectivity index (χ0) is 12.8. The van der Waals surface area contributed by atoms with E-state index in [1.165, 1.54) is 6.92 Å². The fourth-order valence-electron chi connectivity index (χ4n) is 1.70. The van der Waals surface area contributed by atoms with Gasteiger partial charge in [0.15, 0.2) is 0 Å². The van der Waals surface area contributed by atoms with Crippen molar-refractivity contribution >= 4 is 5.97 Å². The lowest BCUT2D eigenvalue weighted by molar-refractivity contribution is -0.145.